The molecule has 3 aromatic heterocycles. The van der Waals surface area contributed by atoms with Crippen molar-refractivity contribution in [2.75, 3.05) is 32.7 Å². The highest BCUT2D eigenvalue weighted by atomic mass is 19.1. The SMILES string of the molecule is COC(=O)N(C)[C@@H]1[C@H](N)C[C@H](c2ccncc2Nc2ncc3ccc(-c4c(F)cc(C5(F)CCOCC5)cc4F)nn23)C[C@@H]1C. The summed E-state index contributed by atoms with van der Waals surface area (Å²) >= 11 is 0. The van der Waals surface area contributed by atoms with Gasteiger partial charge in [0, 0.05) is 45.3 Å². The van der Waals surface area contributed by atoms with Crippen molar-refractivity contribution in [3.63, 3.8) is 0 Å². The highest BCUT2D eigenvalue weighted by Gasteiger charge is 2.39. The number of amides is 1. The van der Waals surface area contributed by atoms with Gasteiger partial charge in [-0.05, 0) is 66.1 Å². The largest absolute Gasteiger partial charge is 0.453 e. The molecule has 1 aliphatic heterocycles. The Kier molecular flexibility index (Phi) is 8.40. The molecule has 0 spiro atoms. The lowest BCUT2D eigenvalue weighted by Gasteiger charge is -2.43. The van der Waals surface area contributed by atoms with Crippen LogP contribution in [-0.4, -0.2) is 70.0 Å². The second kappa shape index (κ2) is 12.3. The highest BCUT2D eigenvalue weighted by molar-refractivity contribution is 5.68. The summed E-state index contributed by atoms with van der Waals surface area (Å²) in [6.45, 7) is 2.45. The number of fused-ring (bicyclic) bond motifs is 1. The van der Waals surface area contributed by atoms with Gasteiger partial charge in [-0.25, -0.2) is 22.9 Å². The molecule has 4 atom stereocenters. The number of nitrogens with zero attached hydrogens (tertiary/aromatic N) is 5. The molecule has 238 valence electrons. The number of hydrogen-bond donors (Lipinski definition) is 2. The molecule has 4 aromatic rings. The van der Waals surface area contributed by atoms with E-state index in [2.05, 4.69) is 27.3 Å². The average Bonchev–Trinajstić information content (AvgIpc) is 3.42. The van der Waals surface area contributed by atoms with Crippen molar-refractivity contribution in [2.45, 2.75) is 56.3 Å². The molecular weight excluding hydrogens is 587 g/mol. The minimum absolute atomic E-state index is 0.0317. The zero-order chi connectivity index (χ0) is 31.9. The highest BCUT2D eigenvalue weighted by Crippen LogP contribution is 2.41. The van der Waals surface area contributed by atoms with Gasteiger partial charge in [0.25, 0.3) is 0 Å². The molecule has 10 nitrogen and oxygen atoms in total. The Balaban J connectivity index is 1.28. The molecule has 1 amide bonds. The van der Waals surface area contributed by atoms with E-state index in [1.807, 2.05) is 6.07 Å². The first-order valence-electron chi connectivity index (χ1n) is 15.0. The summed E-state index contributed by atoms with van der Waals surface area (Å²) in [5.74, 6) is -1.32. The first-order valence-corrected chi connectivity index (χ1v) is 15.0. The second-order valence-corrected chi connectivity index (χ2v) is 12.0. The summed E-state index contributed by atoms with van der Waals surface area (Å²) in [7, 11) is 3.05. The van der Waals surface area contributed by atoms with Crippen LogP contribution < -0.4 is 11.1 Å². The number of ether oxygens (including phenoxy) is 2. The fourth-order valence-electron chi connectivity index (χ4n) is 6.91. The summed E-state index contributed by atoms with van der Waals surface area (Å²) in [4.78, 5) is 22.5. The van der Waals surface area contributed by atoms with Crippen molar-refractivity contribution in [3.8, 4) is 11.3 Å². The van der Waals surface area contributed by atoms with Gasteiger partial charge in [0.15, 0.2) is 0 Å². The third-order valence-electron chi connectivity index (χ3n) is 9.17. The molecule has 0 radical (unpaired) electrons. The van der Waals surface area contributed by atoms with Crippen LogP contribution in [0.15, 0.2) is 48.9 Å². The Morgan fingerprint density at radius 2 is 1.89 bits per heavy atom. The minimum Gasteiger partial charge on any atom is -0.453 e. The number of carbonyl (C=O) groups is 1. The summed E-state index contributed by atoms with van der Waals surface area (Å²) in [6, 6.07) is 6.73. The van der Waals surface area contributed by atoms with Crippen molar-refractivity contribution in [3.05, 3.63) is 71.7 Å². The van der Waals surface area contributed by atoms with Gasteiger partial charge in [0.1, 0.15) is 17.3 Å². The number of methoxy groups -OCH3 is 1. The number of alkyl halides is 1. The molecule has 3 N–H and O–H groups in total. The number of carbonyl (C=O) groups excluding carboxylic acids is 1. The number of benzene rings is 1. The summed E-state index contributed by atoms with van der Waals surface area (Å²) in [6.07, 6.45) is 6.03. The molecule has 1 saturated carbocycles. The van der Waals surface area contributed by atoms with E-state index in [0.29, 0.717) is 23.6 Å². The van der Waals surface area contributed by atoms with Crippen LogP contribution in [0, 0.1) is 17.6 Å². The summed E-state index contributed by atoms with van der Waals surface area (Å²) < 4.78 is 57.8. The molecular formula is C32H36F3N7O3. The predicted octanol–water partition coefficient (Wildman–Crippen LogP) is 5.70. The maximum atomic E-state index is 15.5. The van der Waals surface area contributed by atoms with Crippen LogP contribution in [-0.2, 0) is 15.1 Å². The zero-order valence-electron chi connectivity index (χ0n) is 25.3. The van der Waals surface area contributed by atoms with E-state index in [1.54, 1.807) is 36.6 Å². The van der Waals surface area contributed by atoms with Crippen LogP contribution >= 0.6 is 0 Å². The van der Waals surface area contributed by atoms with Gasteiger partial charge in [0.05, 0.1) is 48.0 Å². The van der Waals surface area contributed by atoms with E-state index >= 15 is 13.2 Å². The molecule has 45 heavy (non-hydrogen) atoms. The fraction of sp³-hybridized carbons (Fsp3) is 0.438. The number of nitrogens with two attached hydrogens (primary N) is 1. The average molecular weight is 624 g/mol. The van der Waals surface area contributed by atoms with Gasteiger partial charge in [-0.2, -0.15) is 9.61 Å². The fourth-order valence-corrected chi connectivity index (χ4v) is 6.91. The molecule has 2 aliphatic rings. The van der Waals surface area contributed by atoms with Gasteiger partial charge < -0.3 is 25.4 Å². The number of hydrogen-bond acceptors (Lipinski definition) is 8. The lowest BCUT2D eigenvalue weighted by atomic mass is 9.73. The zero-order valence-corrected chi connectivity index (χ0v) is 25.3. The van der Waals surface area contributed by atoms with Crippen LogP contribution in [0.3, 0.4) is 0 Å². The third kappa shape index (κ3) is 5.82. The first kappa shape index (κ1) is 30.8. The lowest BCUT2D eigenvalue weighted by molar-refractivity contribution is -0.0117. The standard InChI is InChI=1S/C32H36F3N7O3/c1-18-12-19(13-25(36)29(18)41(2)31(43)44-3)22-6-9-37-17-27(22)39-30-38-16-21-4-5-26(40-42(21)30)28-23(33)14-20(15-24(28)34)32(35)7-10-45-11-8-32/h4-6,9,14-19,25,29H,7-8,10-13,36H2,1-3H3,(H,38,39)/t18-,19+,25+,29-/m0/s1. The lowest BCUT2D eigenvalue weighted by Crippen LogP contribution is -2.55. The molecule has 2 fully saturated rings. The van der Waals surface area contributed by atoms with Gasteiger partial charge >= 0.3 is 6.09 Å². The summed E-state index contributed by atoms with van der Waals surface area (Å²) in [5.41, 5.74) is 6.65. The Bertz CT molecular complexity index is 1680. The van der Waals surface area contributed by atoms with E-state index in [4.69, 9.17) is 15.2 Å². The third-order valence-corrected chi connectivity index (χ3v) is 9.17. The number of anilines is 2. The Morgan fingerprint density at radius 1 is 1.16 bits per heavy atom. The van der Waals surface area contributed by atoms with Crippen LogP contribution in [0.4, 0.5) is 29.6 Å². The Labute approximate surface area is 258 Å². The molecule has 6 rings (SSSR count). The van der Waals surface area contributed by atoms with Crippen molar-refractivity contribution in [1.29, 1.82) is 0 Å². The molecule has 4 heterocycles. The van der Waals surface area contributed by atoms with Crippen molar-refractivity contribution < 1.29 is 27.4 Å². The number of aromatic nitrogens is 4. The quantitative estimate of drug-likeness (QED) is 0.281. The van der Waals surface area contributed by atoms with Gasteiger partial charge in [-0.3, -0.25) is 4.98 Å². The normalized spacial score (nSPS) is 23.1. The van der Waals surface area contributed by atoms with Crippen molar-refractivity contribution in [1.82, 2.24) is 24.5 Å². The first-order chi connectivity index (χ1) is 21.6. The molecule has 13 heteroatoms. The van der Waals surface area contributed by atoms with Gasteiger partial charge in [-0.15, -0.1) is 0 Å². The number of rotatable bonds is 6. The smallest absolute Gasteiger partial charge is 0.409 e. The summed E-state index contributed by atoms with van der Waals surface area (Å²) in [5, 5.41) is 7.81. The van der Waals surface area contributed by atoms with Crippen LogP contribution in [0.5, 0.6) is 0 Å². The van der Waals surface area contributed by atoms with Crippen molar-refractivity contribution in [2.24, 2.45) is 11.7 Å². The topological polar surface area (TPSA) is 120 Å². The molecule has 0 unspecified atom stereocenters. The monoisotopic (exact) mass is 623 g/mol. The molecule has 1 aliphatic carbocycles. The Morgan fingerprint density at radius 3 is 2.58 bits per heavy atom. The number of pyridine rings is 1. The van der Waals surface area contributed by atoms with E-state index in [9.17, 15) is 4.79 Å². The van der Waals surface area contributed by atoms with Crippen LogP contribution in [0.1, 0.15) is 49.7 Å². The number of nitrogens with one attached hydrogen (secondary N) is 1. The molecule has 1 aromatic carbocycles. The molecule has 1 saturated heterocycles. The molecule has 0 bridgehead atoms. The van der Waals surface area contributed by atoms with E-state index in [0.717, 1.165) is 24.1 Å². The van der Waals surface area contributed by atoms with Gasteiger partial charge in [0.2, 0.25) is 5.95 Å². The number of likely N-dealkylation sites (N-methyl/N-ethyl adjacent to an activating group) is 1. The number of imidazole rings is 1. The van der Waals surface area contributed by atoms with Crippen molar-refractivity contribution >= 4 is 23.2 Å². The van der Waals surface area contributed by atoms with E-state index < -0.39 is 23.4 Å². The Hall–Kier alpha value is -4.23. The maximum Gasteiger partial charge on any atom is 0.409 e. The van der Waals surface area contributed by atoms with Crippen LogP contribution in [0.25, 0.3) is 16.8 Å². The predicted molar refractivity (Wildman–Crippen MR) is 162 cm³/mol. The minimum atomic E-state index is -1.85. The van der Waals surface area contributed by atoms with E-state index in [1.165, 1.54) is 17.7 Å². The second-order valence-electron chi connectivity index (χ2n) is 12.0. The van der Waals surface area contributed by atoms with E-state index in [-0.39, 0.29) is 66.8 Å². The number of halogens is 3. The van der Waals surface area contributed by atoms with Gasteiger partial charge in [-0.1, -0.05) is 6.92 Å². The maximum absolute atomic E-state index is 15.5. The van der Waals surface area contributed by atoms with Crippen LogP contribution in [0.2, 0.25) is 0 Å².